The van der Waals surface area contributed by atoms with Crippen molar-refractivity contribution >= 4 is 39.3 Å². The quantitative estimate of drug-likeness (QED) is 0.324. The SMILES string of the molecule is CCCCNC(=O)[C@H](CC)N(Cc1ccccc1Cl)C(=O)COc1ccc(C(C)(C)C)cc1Br. The van der Waals surface area contributed by atoms with Crippen LogP contribution < -0.4 is 10.1 Å². The lowest BCUT2D eigenvalue weighted by atomic mass is 9.87. The molecule has 34 heavy (non-hydrogen) atoms. The number of hydrogen-bond donors (Lipinski definition) is 1. The summed E-state index contributed by atoms with van der Waals surface area (Å²) in [5.41, 5.74) is 1.95. The summed E-state index contributed by atoms with van der Waals surface area (Å²) in [7, 11) is 0. The van der Waals surface area contributed by atoms with Crippen molar-refractivity contribution in [1.29, 1.82) is 0 Å². The molecular formula is C27H36BrClN2O3. The number of carbonyl (C=O) groups is 2. The first-order chi connectivity index (χ1) is 16.1. The second kappa shape index (κ2) is 13.1. The highest BCUT2D eigenvalue weighted by Crippen LogP contribution is 2.31. The average Bonchev–Trinajstić information content (AvgIpc) is 2.78. The van der Waals surface area contributed by atoms with Crippen LogP contribution in [0.4, 0.5) is 0 Å². The summed E-state index contributed by atoms with van der Waals surface area (Å²) in [5, 5.41) is 3.52. The van der Waals surface area contributed by atoms with Gasteiger partial charge in [-0.1, -0.05) is 76.9 Å². The number of nitrogens with one attached hydrogen (secondary N) is 1. The van der Waals surface area contributed by atoms with E-state index < -0.39 is 6.04 Å². The zero-order valence-electron chi connectivity index (χ0n) is 20.8. The third-order valence-corrected chi connectivity index (χ3v) is 6.65. The summed E-state index contributed by atoms with van der Waals surface area (Å²) in [4.78, 5) is 27.9. The number of nitrogens with zero attached hydrogens (tertiary/aromatic N) is 1. The van der Waals surface area contributed by atoms with Crippen molar-refractivity contribution in [2.24, 2.45) is 0 Å². The smallest absolute Gasteiger partial charge is 0.261 e. The van der Waals surface area contributed by atoms with Crippen LogP contribution in [0.2, 0.25) is 5.02 Å². The first kappa shape index (κ1) is 28.2. The van der Waals surface area contributed by atoms with Crippen molar-refractivity contribution in [3.05, 3.63) is 63.1 Å². The third kappa shape index (κ3) is 8.02. The topological polar surface area (TPSA) is 58.6 Å². The van der Waals surface area contributed by atoms with Gasteiger partial charge in [0.15, 0.2) is 6.61 Å². The lowest BCUT2D eigenvalue weighted by Gasteiger charge is -2.31. The van der Waals surface area contributed by atoms with E-state index in [1.54, 1.807) is 11.0 Å². The fourth-order valence-corrected chi connectivity index (χ4v) is 4.23. The molecule has 0 bridgehead atoms. The van der Waals surface area contributed by atoms with Gasteiger partial charge in [-0.05, 0) is 63.5 Å². The molecule has 186 valence electrons. The maximum atomic E-state index is 13.4. The molecule has 0 fully saturated rings. The molecule has 1 N–H and O–H groups in total. The van der Waals surface area contributed by atoms with E-state index in [4.69, 9.17) is 16.3 Å². The lowest BCUT2D eigenvalue weighted by molar-refractivity contribution is -0.143. The Morgan fingerprint density at radius 1 is 1.15 bits per heavy atom. The van der Waals surface area contributed by atoms with Crippen LogP contribution in [0.3, 0.4) is 0 Å². The monoisotopic (exact) mass is 550 g/mol. The predicted octanol–water partition coefficient (Wildman–Crippen LogP) is 6.50. The highest BCUT2D eigenvalue weighted by molar-refractivity contribution is 9.10. The number of halogens is 2. The molecule has 0 unspecified atom stereocenters. The molecule has 2 amide bonds. The summed E-state index contributed by atoms with van der Waals surface area (Å²) >= 11 is 9.93. The lowest BCUT2D eigenvalue weighted by Crippen LogP contribution is -2.50. The minimum absolute atomic E-state index is 0.00209. The van der Waals surface area contributed by atoms with E-state index in [1.807, 2.05) is 43.3 Å². The number of hydrogen-bond acceptors (Lipinski definition) is 3. The molecule has 1 atom stereocenters. The van der Waals surface area contributed by atoms with Gasteiger partial charge >= 0.3 is 0 Å². The summed E-state index contributed by atoms with van der Waals surface area (Å²) in [6, 6.07) is 12.6. The molecule has 0 aromatic heterocycles. The Balaban J connectivity index is 2.22. The van der Waals surface area contributed by atoms with Crippen molar-refractivity contribution in [3.63, 3.8) is 0 Å². The molecule has 2 aromatic rings. The largest absolute Gasteiger partial charge is 0.483 e. The molecule has 0 heterocycles. The van der Waals surface area contributed by atoms with E-state index in [1.165, 1.54) is 0 Å². The van der Waals surface area contributed by atoms with Crippen LogP contribution in [-0.2, 0) is 21.5 Å². The molecule has 0 spiro atoms. The minimum atomic E-state index is -0.615. The van der Waals surface area contributed by atoms with Crippen LogP contribution in [0.1, 0.15) is 65.0 Å². The number of amides is 2. The van der Waals surface area contributed by atoms with Crippen LogP contribution in [0.15, 0.2) is 46.9 Å². The molecule has 0 radical (unpaired) electrons. The van der Waals surface area contributed by atoms with Gasteiger partial charge in [-0.15, -0.1) is 0 Å². The van der Waals surface area contributed by atoms with Crippen molar-refractivity contribution in [3.8, 4) is 5.75 Å². The molecule has 5 nitrogen and oxygen atoms in total. The van der Waals surface area contributed by atoms with Gasteiger partial charge in [0.1, 0.15) is 11.8 Å². The van der Waals surface area contributed by atoms with Gasteiger partial charge in [0.25, 0.3) is 5.91 Å². The van der Waals surface area contributed by atoms with Gasteiger partial charge in [0.2, 0.25) is 5.91 Å². The Bertz CT molecular complexity index is 975. The van der Waals surface area contributed by atoms with Gasteiger partial charge < -0.3 is 15.0 Å². The summed E-state index contributed by atoms with van der Waals surface area (Å²) < 4.78 is 6.67. The zero-order chi connectivity index (χ0) is 25.3. The highest BCUT2D eigenvalue weighted by atomic mass is 79.9. The molecule has 0 aliphatic heterocycles. The van der Waals surface area contributed by atoms with Gasteiger partial charge in [0, 0.05) is 18.1 Å². The first-order valence-electron chi connectivity index (χ1n) is 11.8. The molecule has 2 aromatic carbocycles. The molecule has 0 saturated carbocycles. The van der Waals surface area contributed by atoms with Gasteiger partial charge in [-0.3, -0.25) is 9.59 Å². The van der Waals surface area contributed by atoms with E-state index in [-0.39, 0.29) is 30.4 Å². The number of ether oxygens (including phenoxy) is 1. The van der Waals surface area contributed by atoms with E-state index in [2.05, 4.69) is 48.9 Å². The Morgan fingerprint density at radius 3 is 2.44 bits per heavy atom. The van der Waals surface area contributed by atoms with E-state index in [9.17, 15) is 9.59 Å². The highest BCUT2D eigenvalue weighted by Gasteiger charge is 2.29. The van der Waals surface area contributed by atoms with Crippen LogP contribution in [-0.4, -0.2) is 35.9 Å². The van der Waals surface area contributed by atoms with Crippen molar-refractivity contribution in [2.45, 2.75) is 71.9 Å². The summed E-state index contributed by atoms with van der Waals surface area (Å²) in [6.07, 6.45) is 2.36. The molecule has 0 saturated heterocycles. The van der Waals surface area contributed by atoms with E-state index in [0.29, 0.717) is 23.7 Å². The summed E-state index contributed by atoms with van der Waals surface area (Å²) in [6.45, 7) is 11.0. The normalized spacial score (nSPS) is 12.2. The Morgan fingerprint density at radius 2 is 1.85 bits per heavy atom. The van der Waals surface area contributed by atoms with Gasteiger partial charge in [-0.25, -0.2) is 0 Å². The Kier molecular flexibility index (Phi) is 10.9. The molecular weight excluding hydrogens is 516 g/mol. The van der Waals surface area contributed by atoms with Gasteiger partial charge in [0.05, 0.1) is 4.47 Å². The maximum absolute atomic E-state index is 13.4. The van der Waals surface area contributed by atoms with E-state index >= 15 is 0 Å². The fourth-order valence-electron chi connectivity index (χ4n) is 3.54. The fraction of sp³-hybridized carbons (Fsp3) is 0.481. The zero-order valence-corrected chi connectivity index (χ0v) is 23.1. The van der Waals surface area contributed by atoms with Crippen LogP contribution >= 0.6 is 27.5 Å². The molecule has 0 aliphatic carbocycles. The van der Waals surface area contributed by atoms with Gasteiger partial charge in [-0.2, -0.15) is 0 Å². The van der Waals surface area contributed by atoms with E-state index in [0.717, 1.165) is 28.4 Å². The van der Waals surface area contributed by atoms with Crippen LogP contribution in [0.5, 0.6) is 5.75 Å². The van der Waals surface area contributed by atoms with Crippen molar-refractivity contribution in [1.82, 2.24) is 10.2 Å². The minimum Gasteiger partial charge on any atom is -0.483 e. The van der Waals surface area contributed by atoms with Crippen molar-refractivity contribution in [2.75, 3.05) is 13.2 Å². The summed E-state index contributed by atoms with van der Waals surface area (Å²) in [5.74, 6) is 0.149. The second-order valence-corrected chi connectivity index (χ2v) is 10.6. The standard InChI is InChI=1S/C27H36BrClN2O3/c1-6-8-15-30-26(33)23(7-2)31(17-19-11-9-10-12-22(19)29)25(32)18-34-24-14-13-20(16-21(24)28)27(3,4)5/h9-14,16,23H,6-8,15,17-18H2,1-5H3,(H,30,33)/t23-/m0/s1. The molecule has 2 rings (SSSR count). The van der Waals surface area contributed by atoms with Crippen LogP contribution in [0, 0.1) is 0 Å². The maximum Gasteiger partial charge on any atom is 0.261 e. The Labute approximate surface area is 217 Å². The van der Waals surface area contributed by atoms with Crippen molar-refractivity contribution < 1.29 is 14.3 Å². The second-order valence-electron chi connectivity index (χ2n) is 9.37. The third-order valence-electron chi connectivity index (χ3n) is 5.66. The Hall–Kier alpha value is -2.05. The predicted molar refractivity (Wildman–Crippen MR) is 142 cm³/mol. The first-order valence-corrected chi connectivity index (χ1v) is 13.0. The average molecular weight is 552 g/mol. The molecule has 0 aliphatic rings. The number of benzene rings is 2. The molecule has 7 heteroatoms. The number of carbonyl (C=O) groups excluding carboxylic acids is 2. The number of unbranched alkanes of at least 4 members (excludes halogenated alkanes) is 1. The number of rotatable bonds is 11. The van der Waals surface area contributed by atoms with Crippen LogP contribution in [0.25, 0.3) is 0 Å².